The number of nitrogens with one attached hydrogen (secondary N) is 1. The van der Waals surface area contributed by atoms with Crippen molar-refractivity contribution < 1.29 is 9.50 Å². The Morgan fingerprint density at radius 1 is 1.33 bits per heavy atom. The average Bonchev–Trinajstić information content (AvgIpc) is 2.34. The fraction of sp³-hybridized carbons (Fsp3) is 0.571. The summed E-state index contributed by atoms with van der Waals surface area (Å²) in [6, 6.07) is 5.10. The third kappa shape index (κ3) is 3.77. The fourth-order valence-corrected chi connectivity index (χ4v) is 2.82. The third-order valence-electron chi connectivity index (χ3n) is 3.61. The smallest absolute Gasteiger partial charge is 0.128 e. The Hall–Kier alpha value is -0.450. The van der Waals surface area contributed by atoms with E-state index in [1.54, 1.807) is 6.07 Å². The second-order valence-corrected chi connectivity index (χ2v) is 5.89. The molecule has 1 aliphatic carbocycles. The summed E-state index contributed by atoms with van der Waals surface area (Å²) < 4.78 is 14.3. The zero-order valence-corrected chi connectivity index (χ0v) is 11.9. The van der Waals surface area contributed by atoms with Gasteiger partial charge in [-0.05, 0) is 30.9 Å². The minimum atomic E-state index is -0.194. The molecule has 100 valence electrons. The van der Waals surface area contributed by atoms with Crippen LogP contribution in [0.4, 0.5) is 4.39 Å². The summed E-state index contributed by atoms with van der Waals surface area (Å²) in [6.07, 6.45) is 4.09. The predicted molar refractivity (Wildman–Crippen MR) is 73.8 cm³/mol. The Morgan fingerprint density at radius 2 is 2.11 bits per heavy atom. The van der Waals surface area contributed by atoms with Crippen LogP contribution in [0, 0.1) is 11.7 Å². The molecule has 0 aromatic heterocycles. The molecule has 1 aliphatic rings. The molecular formula is C14H19BrFNO. The lowest BCUT2D eigenvalue weighted by Gasteiger charge is -2.27. The van der Waals surface area contributed by atoms with Gasteiger partial charge in [0.2, 0.25) is 0 Å². The quantitative estimate of drug-likeness (QED) is 0.894. The van der Waals surface area contributed by atoms with Crippen molar-refractivity contribution in [3.63, 3.8) is 0 Å². The van der Waals surface area contributed by atoms with Crippen molar-refractivity contribution in [2.45, 2.75) is 38.3 Å². The van der Waals surface area contributed by atoms with Crippen LogP contribution < -0.4 is 5.32 Å². The molecule has 18 heavy (non-hydrogen) atoms. The monoisotopic (exact) mass is 315 g/mol. The summed E-state index contributed by atoms with van der Waals surface area (Å²) in [5, 5.41) is 13.1. The molecule has 0 bridgehead atoms. The molecule has 0 saturated heterocycles. The van der Waals surface area contributed by atoms with Crippen LogP contribution in [0.25, 0.3) is 0 Å². The van der Waals surface area contributed by atoms with Crippen LogP contribution in [0.3, 0.4) is 0 Å². The number of hydrogen-bond donors (Lipinski definition) is 2. The zero-order valence-electron chi connectivity index (χ0n) is 10.3. The maximum atomic E-state index is 13.6. The molecule has 0 aliphatic heterocycles. The first kappa shape index (κ1) is 14.0. The highest BCUT2D eigenvalue weighted by Crippen LogP contribution is 2.23. The van der Waals surface area contributed by atoms with E-state index in [1.807, 2.05) is 6.07 Å². The van der Waals surface area contributed by atoms with Crippen LogP contribution in [0.5, 0.6) is 0 Å². The van der Waals surface area contributed by atoms with Gasteiger partial charge in [-0.25, -0.2) is 4.39 Å². The summed E-state index contributed by atoms with van der Waals surface area (Å²) in [6.45, 7) is 1.28. The van der Waals surface area contributed by atoms with Gasteiger partial charge in [-0.2, -0.15) is 0 Å². The molecule has 0 radical (unpaired) electrons. The van der Waals surface area contributed by atoms with Gasteiger partial charge in [-0.15, -0.1) is 0 Å². The molecule has 2 unspecified atom stereocenters. The van der Waals surface area contributed by atoms with E-state index < -0.39 is 0 Å². The van der Waals surface area contributed by atoms with Crippen LogP contribution in [-0.2, 0) is 6.54 Å². The molecular weight excluding hydrogens is 297 g/mol. The molecule has 0 spiro atoms. The van der Waals surface area contributed by atoms with E-state index in [-0.39, 0.29) is 11.9 Å². The summed E-state index contributed by atoms with van der Waals surface area (Å²) >= 11 is 3.24. The predicted octanol–water partition coefficient (Wildman–Crippen LogP) is 3.23. The second-order valence-electron chi connectivity index (χ2n) is 4.98. The van der Waals surface area contributed by atoms with Crippen molar-refractivity contribution >= 4 is 15.9 Å². The fourth-order valence-electron chi connectivity index (χ4n) is 2.48. The number of aliphatic hydroxyl groups is 1. The van der Waals surface area contributed by atoms with E-state index in [0.29, 0.717) is 18.0 Å². The molecule has 1 saturated carbocycles. The Labute approximate surface area is 116 Å². The molecule has 0 heterocycles. The van der Waals surface area contributed by atoms with Crippen LogP contribution in [0.2, 0.25) is 0 Å². The second kappa shape index (κ2) is 6.64. The number of hydrogen-bond acceptors (Lipinski definition) is 2. The molecule has 1 aromatic rings. The molecule has 4 heteroatoms. The maximum absolute atomic E-state index is 13.6. The molecule has 2 nitrogen and oxygen atoms in total. The summed E-state index contributed by atoms with van der Waals surface area (Å²) in [5.41, 5.74) is 0.670. The highest BCUT2D eigenvalue weighted by Gasteiger charge is 2.22. The van der Waals surface area contributed by atoms with Crippen LogP contribution in [-0.4, -0.2) is 17.8 Å². The summed E-state index contributed by atoms with van der Waals surface area (Å²) in [4.78, 5) is 0. The number of rotatable bonds is 4. The van der Waals surface area contributed by atoms with Gasteiger partial charge >= 0.3 is 0 Å². The van der Waals surface area contributed by atoms with Gasteiger partial charge in [0, 0.05) is 23.1 Å². The molecule has 2 N–H and O–H groups in total. The topological polar surface area (TPSA) is 32.3 Å². The lowest BCUT2D eigenvalue weighted by atomic mass is 9.86. The number of halogens is 2. The Morgan fingerprint density at radius 3 is 2.83 bits per heavy atom. The van der Waals surface area contributed by atoms with Gasteiger partial charge in [0.1, 0.15) is 5.82 Å². The Balaban J connectivity index is 1.81. The van der Waals surface area contributed by atoms with Gasteiger partial charge in [0.25, 0.3) is 0 Å². The SMILES string of the molecule is OC1CCCCC1CNCc1ccc(Br)cc1F. The molecule has 0 amide bonds. The van der Waals surface area contributed by atoms with Crippen LogP contribution in [0.15, 0.2) is 22.7 Å². The standard InChI is InChI=1S/C14H19BrFNO/c15-12-6-5-10(13(16)7-12)8-17-9-11-3-1-2-4-14(11)18/h5-7,11,14,17-18H,1-4,8-9H2. The van der Waals surface area contributed by atoms with E-state index in [1.165, 1.54) is 12.5 Å². The summed E-state index contributed by atoms with van der Waals surface area (Å²) in [7, 11) is 0. The molecule has 2 rings (SSSR count). The minimum Gasteiger partial charge on any atom is -0.393 e. The van der Waals surface area contributed by atoms with Crippen LogP contribution >= 0.6 is 15.9 Å². The van der Waals surface area contributed by atoms with Crippen molar-refractivity contribution in [2.24, 2.45) is 5.92 Å². The van der Waals surface area contributed by atoms with Crippen LogP contribution in [0.1, 0.15) is 31.2 Å². The normalized spacial score (nSPS) is 24.2. The Kier molecular flexibility index (Phi) is 5.15. The lowest BCUT2D eigenvalue weighted by Crippen LogP contribution is -2.33. The third-order valence-corrected chi connectivity index (χ3v) is 4.10. The van der Waals surface area contributed by atoms with Crippen molar-refractivity contribution in [1.82, 2.24) is 5.32 Å². The Bertz CT molecular complexity index is 399. The van der Waals surface area contributed by atoms with E-state index in [2.05, 4.69) is 21.2 Å². The molecule has 2 atom stereocenters. The number of benzene rings is 1. The van der Waals surface area contributed by atoms with Gasteiger partial charge < -0.3 is 10.4 Å². The minimum absolute atomic E-state index is 0.193. The summed E-state index contributed by atoms with van der Waals surface area (Å²) in [5.74, 6) is 0.123. The molecule has 1 aromatic carbocycles. The first-order chi connectivity index (χ1) is 8.66. The van der Waals surface area contributed by atoms with Gasteiger partial charge in [0.05, 0.1) is 6.10 Å². The number of aliphatic hydroxyl groups excluding tert-OH is 1. The van der Waals surface area contributed by atoms with E-state index >= 15 is 0 Å². The van der Waals surface area contributed by atoms with Crippen molar-refractivity contribution in [3.8, 4) is 0 Å². The van der Waals surface area contributed by atoms with Crippen molar-refractivity contribution in [2.75, 3.05) is 6.54 Å². The van der Waals surface area contributed by atoms with Crippen molar-refractivity contribution in [3.05, 3.63) is 34.1 Å². The first-order valence-corrected chi connectivity index (χ1v) is 7.29. The van der Waals surface area contributed by atoms with Gasteiger partial charge in [0.15, 0.2) is 0 Å². The van der Waals surface area contributed by atoms with E-state index in [9.17, 15) is 9.50 Å². The zero-order chi connectivity index (χ0) is 13.0. The molecule has 1 fully saturated rings. The van der Waals surface area contributed by atoms with Gasteiger partial charge in [-0.1, -0.05) is 34.8 Å². The highest BCUT2D eigenvalue weighted by molar-refractivity contribution is 9.10. The lowest BCUT2D eigenvalue weighted by molar-refractivity contribution is 0.0695. The average molecular weight is 316 g/mol. The highest BCUT2D eigenvalue weighted by atomic mass is 79.9. The van der Waals surface area contributed by atoms with Gasteiger partial charge in [-0.3, -0.25) is 0 Å². The first-order valence-electron chi connectivity index (χ1n) is 6.49. The maximum Gasteiger partial charge on any atom is 0.128 e. The van der Waals surface area contributed by atoms with Crippen molar-refractivity contribution in [1.29, 1.82) is 0 Å². The largest absolute Gasteiger partial charge is 0.393 e. The van der Waals surface area contributed by atoms with E-state index in [4.69, 9.17) is 0 Å². The van der Waals surface area contributed by atoms with E-state index in [0.717, 1.165) is 30.3 Å².